The topological polar surface area (TPSA) is 71.2 Å². The van der Waals surface area contributed by atoms with Crippen molar-refractivity contribution >= 4 is 28.5 Å². The SMILES string of the molecule is CCOC(=O)c1ccccc1NC(=O)c1[nH]c2ccccc2c1C. The van der Waals surface area contributed by atoms with Gasteiger partial charge in [0, 0.05) is 10.9 Å². The van der Waals surface area contributed by atoms with Crippen LogP contribution in [0.2, 0.25) is 0 Å². The molecule has 0 atom stereocenters. The Morgan fingerprint density at radius 3 is 2.54 bits per heavy atom. The van der Waals surface area contributed by atoms with Crippen molar-refractivity contribution in [3.63, 3.8) is 0 Å². The van der Waals surface area contributed by atoms with E-state index in [9.17, 15) is 9.59 Å². The highest BCUT2D eigenvalue weighted by atomic mass is 16.5. The fourth-order valence-corrected chi connectivity index (χ4v) is 2.67. The van der Waals surface area contributed by atoms with Crippen molar-refractivity contribution < 1.29 is 14.3 Å². The summed E-state index contributed by atoms with van der Waals surface area (Å²) in [4.78, 5) is 27.8. The lowest BCUT2D eigenvalue weighted by Crippen LogP contribution is -2.17. The number of amides is 1. The van der Waals surface area contributed by atoms with E-state index in [1.54, 1.807) is 31.2 Å². The molecule has 0 aliphatic carbocycles. The van der Waals surface area contributed by atoms with E-state index in [0.29, 0.717) is 16.9 Å². The highest BCUT2D eigenvalue weighted by molar-refractivity contribution is 6.10. The highest BCUT2D eigenvalue weighted by Gasteiger charge is 2.18. The molecule has 3 aromatic rings. The second-order valence-corrected chi connectivity index (χ2v) is 5.39. The van der Waals surface area contributed by atoms with Crippen LogP contribution < -0.4 is 5.32 Å². The number of benzene rings is 2. The van der Waals surface area contributed by atoms with Crippen LogP contribution in [-0.4, -0.2) is 23.5 Å². The Bertz CT molecular complexity index is 912. The Morgan fingerprint density at radius 2 is 1.79 bits per heavy atom. The first-order valence-corrected chi connectivity index (χ1v) is 7.76. The van der Waals surface area contributed by atoms with E-state index in [4.69, 9.17) is 4.74 Å². The number of aromatic nitrogens is 1. The summed E-state index contributed by atoms with van der Waals surface area (Å²) in [7, 11) is 0. The number of carbonyl (C=O) groups is 2. The summed E-state index contributed by atoms with van der Waals surface area (Å²) in [6.07, 6.45) is 0. The van der Waals surface area contributed by atoms with Gasteiger partial charge >= 0.3 is 5.97 Å². The van der Waals surface area contributed by atoms with Gasteiger partial charge in [-0.25, -0.2) is 4.79 Å². The molecule has 5 nitrogen and oxygen atoms in total. The summed E-state index contributed by atoms with van der Waals surface area (Å²) in [5.74, 6) is -0.748. The van der Waals surface area contributed by atoms with E-state index in [-0.39, 0.29) is 12.5 Å². The summed E-state index contributed by atoms with van der Waals surface area (Å²) in [5.41, 5.74) is 3.02. The molecule has 0 radical (unpaired) electrons. The van der Waals surface area contributed by atoms with Crippen LogP contribution in [0.5, 0.6) is 0 Å². The molecule has 0 saturated carbocycles. The number of rotatable bonds is 4. The van der Waals surface area contributed by atoms with Crippen molar-refractivity contribution in [3.05, 3.63) is 65.4 Å². The van der Waals surface area contributed by atoms with Crippen molar-refractivity contribution in [3.8, 4) is 0 Å². The van der Waals surface area contributed by atoms with E-state index in [1.165, 1.54) is 0 Å². The third-order valence-electron chi connectivity index (χ3n) is 3.86. The van der Waals surface area contributed by atoms with Crippen LogP contribution in [0, 0.1) is 6.92 Å². The number of aromatic amines is 1. The maximum Gasteiger partial charge on any atom is 0.340 e. The predicted molar refractivity (Wildman–Crippen MR) is 93.4 cm³/mol. The molecule has 2 aromatic carbocycles. The normalized spacial score (nSPS) is 10.6. The van der Waals surface area contributed by atoms with Gasteiger partial charge in [-0.1, -0.05) is 30.3 Å². The fourth-order valence-electron chi connectivity index (χ4n) is 2.67. The molecule has 1 heterocycles. The van der Waals surface area contributed by atoms with Crippen molar-refractivity contribution in [1.29, 1.82) is 0 Å². The molecule has 0 aliphatic rings. The lowest BCUT2D eigenvalue weighted by Gasteiger charge is -2.10. The van der Waals surface area contributed by atoms with Gasteiger partial charge in [0.2, 0.25) is 0 Å². The van der Waals surface area contributed by atoms with E-state index >= 15 is 0 Å². The van der Waals surface area contributed by atoms with Crippen molar-refractivity contribution in [2.75, 3.05) is 11.9 Å². The van der Waals surface area contributed by atoms with Crippen molar-refractivity contribution in [2.45, 2.75) is 13.8 Å². The number of para-hydroxylation sites is 2. The van der Waals surface area contributed by atoms with E-state index < -0.39 is 5.97 Å². The zero-order valence-corrected chi connectivity index (χ0v) is 13.6. The Labute approximate surface area is 139 Å². The average Bonchev–Trinajstić information content (AvgIpc) is 2.93. The Kier molecular flexibility index (Phi) is 4.33. The van der Waals surface area contributed by atoms with E-state index in [1.807, 2.05) is 31.2 Å². The van der Waals surface area contributed by atoms with Gasteiger partial charge in [-0.3, -0.25) is 4.79 Å². The average molecular weight is 322 g/mol. The van der Waals surface area contributed by atoms with Gasteiger partial charge in [-0.15, -0.1) is 0 Å². The minimum Gasteiger partial charge on any atom is -0.462 e. The predicted octanol–water partition coefficient (Wildman–Crippen LogP) is 3.91. The van der Waals surface area contributed by atoms with E-state index in [2.05, 4.69) is 10.3 Å². The van der Waals surface area contributed by atoms with Gasteiger partial charge in [0.05, 0.1) is 17.9 Å². The third kappa shape index (κ3) is 2.88. The number of H-pyrrole nitrogens is 1. The fraction of sp³-hybridized carbons (Fsp3) is 0.158. The molecule has 0 saturated heterocycles. The summed E-state index contributed by atoms with van der Waals surface area (Å²) in [6.45, 7) is 3.92. The van der Waals surface area contributed by atoms with Crippen LogP contribution in [0.4, 0.5) is 5.69 Å². The number of nitrogens with one attached hydrogen (secondary N) is 2. The monoisotopic (exact) mass is 322 g/mol. The van der Waals surface area contributed by atoms with Crippen LogP contribution in [0.25, 0.3) is 10.9 Å². The smallest absolute Gasteiger partial charge is 0.340 e. The Balaban J connectivity index is 1.92. The number of aryl methyl sites for hydroxylation is 1. The first kappa shape index (κ1) is 15.8. The number of fused-ring (bicyclic) bond motifs is 1. The van der Waals surface area contributed by atoms with Crippen LogP contribution in [0.1, 0.15) is 33.3 Å². The molecule has 0 fully saturated rings. The molecule has 0 bridgehead atoms. The van der Waals surface area contributed by atoms with Crippen molar-refractivity contribution in [1.82, 2.24) is 4.98 Å². The quantitative estimate of drug-likeness (QED) is 0.716. The summed E-state index contributed by atoms with van der Waals surface area (Å²) >= 11 is 0. The van der Waals surface area contributed by atoms with Gasteiger partial charge in [-0.2, -0.15) is 0 Å². The number of hydrogen-bond acceptors (Lipinski definition) is 3. The lowest BCUT2D eigenvalue weighted by atomic mass is 10.1. The van der Waals surface area contributed by atoms with Crippen LogP contribution in [0.3, 0.4) is 0 Å². The number of esters is 1. The zero-order chi connectivity index (χ0) is 17.1. The van der Waals surface area contributed by atoms with Crippen LogP contribution in [0.15, 0.2) is 48.5 Å². The molecule has 5 heteroatoms. The van der Waals surface area contributed by atoms with Gasteiger partial charge in [0.1, 0.15) is 5.69 Å². The molecule has 0 aliphatic heterocycles. The molecule has 0 spiro atoms. The number of anilines is 1. The first-order chi connectivity index (χ1) is 11.6. The summed E-state index contributed by atoms with van der Waals surface area (Å²) in [6, 6.07) is 14.5. The summed E-state index contributed by atoms with van der Waals surface area (Å²) in [5, 5.41) is 3.80. The highest BCUT2D eigenvalue weighted by Crippen LogP contribution is 2.23. The van der Waals surface area contributed by atoms with Crippen LogP contribution in [-0.2, 0) is 4.74 Å². The molecule has 24 heavy (non-hydrogen) atoms. The first-order valence-electron chi connectivity index (χ1n) is 7.76. The largest absolute Gasteiger partial charge is 0.462 e. The maximum absolute atomic E-state index is 12.6. The molecular weight excluding hydrogens is 304 g/mol. The van der Waals surface area contributed by atoms with Gasteiger partial charge < -0.3 is 15.0 Å². The third-order valence-corrected chi connectivity index (χ3v) is 3.86. The molecule has 1 aromatic heterocycles. The van der Waals surface area contributed by atoms with E-state index in [0.717, 1.165) is 16.5 Å². The van der Waals surface area contributed by atoms with Gasteiger partial charge in [0.15, 0.2) is 0 Å². The van der Waals surface area contributed by atoms with Gasteiger partial charge in [0.25, 0.3) is 5.91 Å². The second-order valence-electron chi connectivity index (χ2n) is 5.39. The number of carbonyl (C=O) groups excluding carboxylic acids is 2. The van der Waals surface area contributed by atoms with Crippen LogP contribution >= 0.6 is 0 Å². The van der Waals surface area contributed by atoms with Crippen molar-refractivity contribution in [2.24, 2.45) is 0 Å². The standard InChI is InChI=1S/C19H18N2O3/c1-3-24-19(23)14-9-5-7-11-16(14)21-18(22)17-12(2)13-8-4-6-10-15(13)20-17/h4-11,20H,3H2,1-2H3,(H,21,22). The molecule has 1 amide bonds. The molecule has 2 N–H and O–H groups in total. The molecule has 3 rings (SSSR count). The minimum absolute atomic E-state index is 0.280. The zero-order valence-electron chi connectivity index (χ0n) is 13.6. The number of ether oxygens (including phenoxy) is 1. The molecular formula is C19H18N2O3. The van der Waals surface area contributed by atoms with Gasteiger partial charge in [-0.05, 0) is 37.6 Å². The number of hydrogen-bond donors (Lipinski definition) is 2. The lowest BCUT2D eigenvalue weighted by molar-refractivity contribution is 0.0527. The maximum atomic E-state index is 12.6. The Morgan fingerprint density at radius 1 is 1.08 bits per heavy atom. The molecule has 122 valence electrons. The minimum atomic E-state index is -0.457. The molecule has 0 unspecified atom stereocenters. The second kappa shape index (κ2) is 6.58. The summed E-state index contributed by atoms with van der Waals surface area (Å²) < 4.78 is 5.03. The Hall–Kier alpha value is -3.08.